The molecule has 3 saturated carbocycles. The second kappa shape index (κ2) is 6.58. The minimum atomic E-state index is 0.488. The van der Waals surface area contributed by atoms with Crippen LogP contribution < -0.4 is 5.32 Å². The molecule has 1 spiro atoms. The van der Waals surface area contributed by atoms with E-state index in [4.69, 9.17) is 4.74 Å². The molecule has 0 aromatic rings. The van der Waals surface area contributed by atoms with Crippen LogP contribution in [0.25, 0.3) is 0 Å². The van der Waals surface area contributed by atoms with Crippen LogP contribution in [0.15, 0.2) is 0 Å². The first-order valence-electron chi connectivity index (χ1n) is 9.60. The average molecular weight is 293 g/mol. The summed E-state index contributed by atoms with van der Waals surface area (Å²) in [5.41, 5.74) is 1.11. The molecule has 0 aromatic carbocycles. The van der Waals surface area contributed by atoms with Crippen molar-refractivity contribution in [1.29, 1.82) is 0 Å². The third-order valence-corrected chi connectivity index (χ3v) is 7.07. The lowest BCUT2D eigenvalue weighted by atomic mass is 9.55. The summed E-state index contributed by atoms with van der Waals surface area (Å²) in [6.07, 6.45) is 16.0. The monoisotopic (exact) mass is 293 g/mol. The lowest BCUT2D eigenvalue weighted by molar-refractivity contribution is -0.151. The van der Waals surface area contributed by atoms with Crippen LogP contribution >= 0.6 is 0 Å². The van der Waals surface area contributed by atoms with Crippen molar-refractivity contribution in [3.63, 3.8) is 0 Å². The van der Waals surface area contributed by atoms with Crippen LogP contribution in [0.3, 0.4) is 0 Å². The first-order chi connectivity index (χ1) is 10.2. The maximum absolute atomic E-state index is 6.08. The van der Waals surface area contributed by atoms with E-state index in [1.165, 1.54) is 77.2 Å². The molecule has 2 atom stereocenters. The SMILES string of the molecule is CCOC1CC(NCC2(CC)CCCC2)C12CCCCC2. The molecule has 0 aliphatic heterocycles. The van der Waals surface area contributed by atoms with Crippen LogP contribution in [-0.2, 0) is 4.74 Å². The summed E-state index contributed by atoms with van der Waals surface area (Å²) < 4.78 is 6.08. The summed E-state index contributed by atoms with van der Waals surface area (Å²) in [4.78, 5) is 0. The first kappa shape index (κ1) is 15.8. The Morgan fingerprint density at radius 1 is 0.952 bits per heavy atom. The van der Waals surface area contributed by atoms with Crippen molar-refractivity contribution >= 4 is 0 Å². The third-order valence-electron chi connectivity index (χ3n) is 7.07. The standard InChI is InChI=1S/C19H35NO/c1-3-18(10-8-9-11-18)15-20-16-14-17(21-4-2)19(16)12-6-5-7-13-19/h16-17,20H,3-15H2,1-2H3. The first-order valence-corrected chi connectivity index (χ1v) is 9.60. The van der Waals surface area contributed by atoms with Gasteiger partial charge in [-0.15, -0.1) is 0 Å². The molecule has 0 radical (unpaired) electrons. The zero-order valence-corrected chi connectivity index (χ0v) is 14.3. The Kier molecular flexibility index (Phi) is 4.95. The zero-order chi connectivity index (χ0) is 14.8. The Labute approximate surface area is 131 Å². The van der Waals surface area contributed by atoms with Crippen LogP contribution in [0, 0.1) is 10.8 Å². The smallest absolute Gasteiger partial charge is 0.0661 e. The van der Waals surface area contributed by atoms with Crippen LogP contribution in [-0.4, -0.2) is 25.3 Å². The van der Waals surface area contributed by atoms with Gasteiger partial charge >= 0.3 is 0 Å². The van der Waals surface area contributed by atoms with E-state index in [0.717, 1.165) is 12.6 Å². The summed E-state index contributed by atoms with van der Waals surface area (Å²) >= 11 is 0. The zero-order valence-electron chi connectivity index (χ0n) is 14.3. The quantitative estimate of drug-likeness (QED) is 0.768. The number of rotatable bonds is 6. The van der Waals surface area contributed by atoms with Gasteiger partial charge in [0, 0.05) is 24.6 Å². The molecule has 0 heterocycles. The summed E-state index contributed by atoms with van der Waals surface area (Å²) in [5, 5.41) is 4.02. The molecular formula is C19H35NO. The van der Waals surface area contributed by atoms with Crippen molar-refractivity contribution < 1.29 is 4.74 Å². The maximum Gasteiger partial charge on any atom is 0.0661 e. The van der Waals surface area contributed by atoms with E-state index in [-0.39, 0.29) is 0 Å². The maximum atomic E-state index is 6.08. The molecule has 2 unspecified atom stereocenters. The lowest BCUT2D eigenvalue weighted by Gasteiger charge is -2.58. The van der Waals surface area contributed by atoms with E-state index in [1.807, 2.05) is 0 Å². The highest BCUT2D eigenvalue weighted by molar-refractivity contribution is 5.09. The number of nitrogens with one attached hydrogen (secondary N) is 1. The van der Waals surface area contributed by atoms with Crippen molar-refractivity contribution in [3.05, 3.63) is 0 Å². The van der Waals surface area contributed by atoms with Crippen LogP contribution in [0.5, 0.6) is 0 Å². The van der Waals surface area contributed by atoms with E-state index in [0.29, 0.717) is 16.9 Å². The topological polar surface area (TPSA) is 21.3 Å². The molecule has 21 heavy (non-hydrogen) atoms. The molecule has 0 bridgehead atoms. The van der Waals surface area contributed by atoms with E-state index in [1.54, 1.807) is 0 Å². The van der Waals surface area contributed by atoms with Gasteiger partial charge in [0.1, 0.15) is 0 Å². The van der Waals surface area contributed by atoms with E-state index in [9.17, 15) is 0 Å². The van der Waals surface area contributed by atoms with Gasteiger partial charge in [0.05, 0.1) is 6.10 Å². The highest BCUT2D eigenvalue weighted by atomic mass is 16.5. The predicted molar refractivity (Wildman–Crippen MR) is 88.5 cm³/mol. The average Bonchev–Trinajstić information content (AvgIpc) is 3.00. The van der Waals surface area contributed by atoms with Gasteiger partial charge in [-0.2, -0.15) is 0 Å². The Bertz CT molecular complexity index is 328. The van der Waals surface area contributed by atoms with Gasteiger partial charge in [-0.25, -0.2) is 0 Å². The molecule has 3 aliphatic rings. The molecule has 3 fully saturated rings. The normalized spacial score (nSPS) is 34.0. The van der Waals surface area contributed by atoms with Crippen LogP contribution in [0.1, 0.15) is 84.5 Å². The molecule has 3 aliphatic carbocycles. The lowest BCUT2D eigenvalue weighted by Crippen LogP contribution is -2.65. The summed E-state index contributed by atoms with van der Waals surface area (Å²) in [6, 6.07) is 0.735. The van der Waals surface area contributed by atoms with Gasteiger partial charge in [0.25, 0.3) is 0 Å². The van der Waals surface area contributed by atoms with Crippen molar-refractivity contribution in [2.45, 2.75) is 96.6 Å². The molecule has 0 saturated heterocycles. The van der Waals surface area contributed by atoms with Gasteiger partial charge in [0.2, 0.25) is 0 Å². The van der Waals surface area contributed by atoms with Gasteiger partial charge < -0.3 is 10.1 Å². The van der Waals surface area contributed by atoms with Gasteiger partial charge in [0.15, 0.2) is 0 Å². The van der Waals surface area contributed by atoms with Gasteiger partial charge in [-0.05, 0) is 50.9 Å². The Hall–Kier alpha value is -0.0800. The third kappa shape index (κ3) is 2.91. The number of hydrogen-bond donors (Lipinski definition) is 1. The molecule has 0 aromatic heterocycles. The molecule has 1 N–H and O–H groups in total. The van der Waals surface area contributed by atoms with Crippen molar-refractivity contribution in [1.82, 2.24) is 5.32 Å². The molecule has 3 rings (SSSR count). The van der Waals surface area contributed by atoms with E-state index in [2.05, 4.69) is 19.2 Å². The fourth-order valence-corrected chi connectivity index (χ4v) is 5.47. The molecule has 0 amide bonds. The fraction of sp³-hybridized carbons (Fsp3) is 1.00. The second-order valence-electron chi connectivity index (χ2n) is 7.97. The molecular weight excluding hydrogens is 258 g/mol. The second-order valence-corrected chi connectivity index (χ2v) is 7.97. The fourth-order valence-electron chi connectivity index (χ4n) is 5.47. The Morgan fingerprint density at radius 3 is 2.24 bits per heavy atom. The van der Waals surface area contributed by atoms with Gasteiger partial charge in [-0.3, -0.25) is 0 Å². The van der Waals surface area contributed by atoms with E-state index < -0.39 is 0 Å². The highest BCUT2D eigenvalue weighted by Crippen LogP contribution is 2.53. The van der Waals surface area contributed by atoms with Crippen molar-refractivity contribution in [3.8, 4) is 0 Å². The van der Waals surface area contributed by atoms with Crippen LogP contribution in [0.2, 0.25) is 0 Å². The molecule has 122 valence electrons. The Morgan fingerprint density at radius 2 is 1.62 bits per heavy atom. The summed E-state index contributed by atoms with van der Waals surface area (Å²) in [5.74, 6) is 0. The number of ether oxygens (including phenoxy) is 1. The predicted octanol–water partition coefficient (Wildman–Crippen LogP) is 4.67. The molecule has 2 nitrogen and oxygen atoms in total. The van der Waals surface area contributed by atoms with Gasteiger partial charge in [-0.1, -0.05) is 39.0 Å². The van der Waals surface area contributed by atoms with Crippen molar-refractivity contribution in [2.24, 2.45) is 10.8 Å². The minimum Gasteiger partial charge on any atom is -0.378 e. The number of hydrogen-bond acceptors (Lipinski definition) is 2. The summed E-state index contributed by atoms with van der Waals surface area (Å²) in [6.45, 7) is 6.70. The molecule has 2 heteroatoms. The largest absolute Gasteiger partial charge is 0.378 e. The van der Waals surface area contributed by atoms with Crippen molar-refractivity contribution in [2.75, 3.05) is 13.2 Å². The van der Waals surface area contributed by atoms with Crippen LogP contribution in [0.4, 0.5) is 0 Å². The van der Waals surface area contributed by atoms with E-state index >= 15 is 0 Å². The Balaban J connectivity index is 1.59. The summed E-state index contributed by atoms with van der Waals surface area (Å²) in [7, 11) is 0. The minimum absolute atomic E-state index is 0.488. The highest BCUT2D eigenvalue weighted by Gasteiger charge is 2.55.